The van der Waals surface area contributed by atoms with Crippen molar-refractivity contribution in [2.45, 2.75) is 25.5 Å². The van der Waals surface area contributed by atoms with E-state index >= 15 is 0 Å². The maximum absolute atomic E-state index is 12.9. The molecule has 12 heteroatoms. The van der Waals surface area contributed by atoms with Crippen LogP contribution in [0.4, 0.5) is 5.82 Å². The molecule has 0 spiro atoms. The second kappa shape index (κ2) is 9.92. The van der Waals surface area contributed by atoms with Gasteiger partial charge in [0, 0.05) is 18.1 Å². The molecule has 5 heterocycles. The number of nitrogens with one attached hydrogen (secondary N) is 1. The van der Waals surface area contributed by atoms with E-state index in [2.05, 4.69) is 31.5 Å². The highest BCUT2D eigenvalue weighted by atomic mass is 16.3. The third-order valence-electron chi connectivity index (χ3n) is 7.21. The summed E-state index contributed by atoms with van der Waals surface area (Å²) in [6, 6.07) is 16.7. The molecule has 12 nitrogen and oxygen atoms in total. The predicted molar refractivity (Wildman–Crippen MR) is 150 cm³/mol. The van der Waals surface area contributed by atoms with Crippen LogP contribution in [0.25, 0.3) is 34.1 Å². The quantitative estimate of drug-likeness (QED) is 0.286. The Labute approximate surface area is 233 Å². The van der Waals surface area contributed by atoms with Crippen molar-refractivity contribution in [3.05, 3.63) is 102 Å². The molecule has 0 fully saturated rings. The molecule has 0 bridgehead atoms. The molecule has 0 radical (unpaired) electrons. The second-order valence-corrected chi connectivity index (χ2v) is 9.68. The lowest BCUT2D eigenvalue weighted by Gasteiger charge is -2.16. The van der Waals surface area contributed by atoms with Crippen molar-refractivity contribution in [2.24, 2.45) is 0 Å². The zero-order valence-electron chi connectivity index (χ0n) is 21.7. The first-order chi connectivity index (χ1) is 20.1. The van der Waals surface area contributed by atoms with Gasteiger partial charge in [0.25, 0.3) is 5.91 Å². The molecule has 1 amide bonds. The zero-order chi connectivity index (χ0) is 27.9. The molecular weight excluding hydrogens is 520 g/mol. The number of anilines is 1. The Hall–Kier alpha value is -5.49. The maximum atomic E-state index is 12.9. The van der Waals surface area contributed by atoms with Gasteiger partial charge in [-0.1, -0.05) is 6.07 Å². The van der Waals surface area contributed by atoms with Gasteiger partial charge in [-0.15, -0.1) is 4.80 Å². The van der Waals surface area contributed by atoms with Gasteiger partial charge in [0.15, 0.2) is 17.3 Å². The van der Waals surface area contributed by atoms with Gasteiger partial charge in [-0.25, -0.2) is 15.0 Å². The largest absolute Gasteiger partial charge is 0.390 e. The molecule has 0 saturated carbocycles. The van der Waals surface area contributed by atoms with Crippen LogP contribution in [0.2, 0.25) is 0 Å². The Balaban J connectivity index is 1.28. The monoisotopic (exact) mass is 544 g/mol. The van der Waals surface area contributed by atoms with Crippen LogP contribution in [0.3, 0.4) is 0 Å². The topological polar surface area (TPSA) is 163 Å². The minimum atomic E-state index is -0.206. The molecule has 0 saturated heterocycles. The van der Waals surface area contributed by atoms with E-state index in [4.69, 9.17) is 15.7 Å². The van der Waals surface area contributed by atoms with E-state index in [1.54, 1.807) is 30.7 Å². The van der Waals surface area contributed by atoms with Crippen LogP contribution in [0, 0.1) is 0 Å². The Bertz CT molecular complexity index is 1900. The van der Waals surface area contributed by atoms with E-state index < -0.39 is 0 Å². The molecule has 0 unspecified atom stereocenters. The van der Waals surface area contributed by atoms with Crippen LogP contribution in [0.15, 0.2) is 79.4 Å². The summed E-state index contributed by atoms with van der Waals surface area (Å²) in [6.07, 6.45) is 7.89. The molecule has 1 aromatic carbocycles. The fourth-order valence-corrected chi connectivity index (χ4v) is 5.21. The first-order valence-electron chi connectivity index (χ1n) is 13.1. The van der Waals surface area contributed by atoms with Gasteiger partial charge < -0.3 is 16.2 Å². The SMILES string of the molecule is Nc1ncccc1-c1nc2ccc(-n3nccn3)nc2n1-c1ccc2c(c1)CC[C@@H]2NC(=O)c1ccc(CO)nc1. The van der Waals surface area contributed by atoms with E-state index in [1.807, 2.05) is 41.0 Å². The summed E-state index contributed by atoms with van der Waals surface area (Å²) >= 11 is 0. The van der Waals surface area contributed by atoms with Crippen LogP contribution >= 0.6 is 0 Å². The average Bonchev–Trinajstić information content (AvgIpc) is 3.76. The first-order valence-corrected chi connectivity index (χ1v) is 13.1. The van der Waals surface area contributed by atoms with Crippen molar-refractivity contribution in [1.82, 2.24) is 44.8 Å². The summed E-state index contributed by atoms with van der Waals surface area (Å²) in [5.74, 6) is 1.33. The van der Waals surface area contributed by atoms with Gasteiger partial charge in [0.1, 0.15) is 11.3 Å². The molecule has 1 aliphatic carbocycles. The Morgan fingerprint density at radius 2 is 1.90 bits per heavy atom. The lowest BCUT2D eigenvalue weighted by atomic mass is 10.1. The average molecular weight is 545 g/mol. The van der Waals surface area contributed by atoms with Crippen LogP contribution < -0.4 is 11.1 Å². The number of benzene rings is 1. The van der Waals surface area contributed by atoms with E-state index in [0.29, 0.717) is 45.4 Å². The van der Waals surface area contributed by atoms with Gasteiger partial charge in [-0.3, -0.25) is 14.3 Å². The predicted octanol–water partition coefficient (Wildman–Crippen LogP) is 2.95. The number of carbonyl (C=O) groups is 1. The number of imidazole rings is 1. The summed E-state index contributed by atoms with van der Waals surface area (Å²) in [6.45, 7) is -0.168. The van der Waals surface area contributed by atoms with Gasteiger partial charge in [0.2, 0.25) is 0 Å². The van der Waals surface area contributed by atoms with E-state index in [-0.39, 0.29) is 18.6 Å². The number of aliphatic hydroxyl groups is 1. The second-order valence-electron chi connectivity index (χ2n) is 9.68. The minimum Gasteiger partial charge on any atom is -0.390 e. The van der Waals surface area contributed by atoms with E-state index in [0.717, 1.165) is 29.7 Å². The summed E-state index contributed by atoms with van der Waals surface area (Å²) in [7, 11) is 0. The number of amides is 1. The molecule has 4 N–H and O–H groups in total. The zero-order valence-corrected chi connectivity index (χ0v) is 21.7. The molecule has 5 aromatic heterocycles. The van der Waals surface area contributed by atoms with E-state index in [1.165, 1.54) is 11.0 Å². The molecule has 1 atom stereocenters. The van der Waals surface area contributed by atoms with Crippen LogP contribution in [0.5, 0.6) is 0 Å². The van der Waals surface area contributed by atoms with Crippen molar-refractivity contribution in [1.29, 1.82) is 0 Å². The summed E-state index contributed by atoms with van der Waals surface area (Å²) in [4.78, 5) is 32.5. The fourth-order valence-electron chi connectivity index (χ4n) is 5.21. The molecular formula is C29H24N10O2. The highest BCUT2D eigenvalue weighted by Crippen LogP contribution is 2.36. The number of rotatable bonds is 6. The highest BCUT2D eigenvalue weighted by Gasteiger charge is 2.26. The number of fused-ring (bicyclic) bond motifs is 2. The number of pyridine rings is 3. The molecule has 6 aromatic rings. The smallest absolute Gasteiger partial charge is 0.253 e. The number of nitrogens with two attached hydrogens (primary N) is 1. The lowest BCUT2D eigenvalue weighted by molar-refractivity contribution is 0.0936. The molecule has 41 heavy (non-hydrogen) atoms. The highest BCUT2D eigenvalue weighted by molar-refractivity contribution is 5.94. The number of hydrogen-bond acceptors (Lipinski definition) is 9. The molecule has 0 aliphatic heterocycles. The Morgan fingerprint density at radius 1 is 1.02 bits per heavy atom. The number of aryl methyl sites for hydroxylation is 1. The van der Waals surface area contributed by atoms with Crippen LogP contribution in [-0.2, 0) is 13.0 Å². The van der Waals surface area contributed by atoms with Crippen molar-refractivity contribution < 1.29 is 9.90 Å². The lowest BCUT2D eigenvalue weighted by Crippen LogP contribution is -2.27. The molecule has 7 rings (SSSR count). The summed E-state index contributed by atoms with van der Waals surface area (Å²) in [5.41, 5.74) is 12.3. The van der Waals surface area contributed by atoms with Crippen molar-refractivity contribution in [3.8, 4) is 22.9 Å². The van der Waals surface area contributed by atoms with Crippen LogP contribution in [0.1, 0.15) is 39.6 Å². The molecule has 1 aliphatic rings. The van der Waals surface area contributed by atoms with Gasteiger partial charge >= 0.3 is 0 Å². The third kappa shape index (κ3) is 4.36. The van der Waals surface area contributed by atoms with Crippen molar-refractivity contribution in [3.63, 3.8) is 0 Å². The van der Waals surface area contributed by atoms with Crippen molar-refractivity contribution >= 4 is 22.9 Å². The number of carbonyl (C=O) groups excluding carboxylic acids is 1. The van der Waals surface area contributed by atoms with E-state index in [9.17, 15) is 9.90 Å². The summed E-state index contributed by atoms with van der Waals surface area (Å²) in [5, 5.41) is 20.8. The Morgan fingerprint density at radius 3 is 2.68 bits per heavy atom. The van der Waals surface area contributed by atoms with Gasteiger partial charge in [0.05, 0.1) is 41.9 Å². The third-order valence-corrected chi connectivity index (χ3v) is 7.21. The van der Waals surface area contributed by atoms with Gasteiger partial charge in [-0.05, 0) is 72.5 Å². The first kappa shape index (κ1) is 24.5. The minimum absolute atomic E-state index is 0.132. The number of aromatic nitrogens is 8. The number of hydrogen-bond donors (Lipinski definition) is 3. The fraction of sp³-hybridized carbons (Fsp3) is 0.138. The summed E-state index contributed by atoms with van der Waals surface area (Å²) < 4.78 is 1.97. The number of nitrogen functional groups attached to an aromatic ring is 1. The normalized spacial score (nSPS) is 14.3. The Kier molecular flexibility index (Phi) is 5.94. The van der Waals surface area contributed by atoms with Gasteiger partial charge in [-0.2, -0.15) is 10.2 Å². The number of aliphatic hydroxyl groups excluding tert-OH is 1. The van der Waals surface area contributed by atoms with Crippen molar-refractivity contribution in [2.75, 3.05) is 5.73 Å². The molecule has 202 valence electrons. The number of nitrogens with zero attached hydrogens (tertiary/aromatic N) is 8. The maximum Gasteiger partial charge on any atom is 0.253 e. The standard InChI is InChI=1S/C29H24N10O2/c30-26-22(2-1-11-31-26)27-35-24-9-10-25(39-33-12-13-34-39)37-28(24)38(27)20-6-7-21-17(14-20)4-8-23(21)36-29(41)18-3-5-19(16-40)32-15-18/h1-3,5-7,9-15,23,40H,4,8,16H2,(H2,30,31)(H,36,41)/t23-/m0/s1. The van der Waals surface area contributed by atoms with Crippen LogP contribution in [-0.4, -0.2) is 50.5 Å².